The summed E-state index contributed by atoms with van der Waals surface area (Å²) in [7, 11) is 0. The van der Waals surface area contributed by atoms with Crippen LogP contribution in [0.5, 0.6) is 0 Å². The van der Waals surface area contributed by atoms with Crippen LogP contribution in [0.25, 0.3) is 0 Å². The highest BCUT2D eigenvalue weighted by atomic mass is 35.5. The first kappa shape index (κ1) is 18.1. The fraction of sp³-hybridized carbons (Fsp3) is 0.250. The molecule has 0 aliphatic heterocycles. The van der Waals surface area contributed by atoms with E-state index in [0.29, 0.717) is 12.1 Å². The highest BCUT2D eigenvalue weighted by Crippen LogP contribution is 2.34. The molecule has 0 atom stereocenters. The fourth-order valence-electron chi connectivity index (χ4n) is 1.92. The Labute approximate surface area is 142 Å². The van der Waals surface area contributed by atoms with Gasteiger partial charge in [0.1, 0.15) is 5.82 Å². The molecule has 4 nitrogen and oxygen atoms in total. The number of halogens is 4. The summed E-state index contributed by atoms with van der Waals surface area (Å²) in [6, 6.07) is 5.92. The quantitative estimate of drug-likeness (QED) is 0.819. The van der Waals surface area contributed by atoms with Crippen LogP contribution < -0.4 is 10.6 Å². The van der Waals surface area contributed by atoms with Crippen molar-refractivity contribution < 1.29 is 18.0 Å². The lowest BCUT2D eigenvalue weighted by Gasteiger charge is -2.12. The summed E-state index contributed by atoms with van der Waals surface area (Å²) in [5, 5.41) is 5.54. The molecule has 2 N–H and O–H groups in total. The molecule has 128 valence electrons. The van der Waals surface area contributed by atoms with Crippen molar-refractivity contribution in [3.63, 3.8) is 0 Å². The number of alkyl halides is 3. The normalized spacial score (nSPS) is 11.2. The van der Waals surface area contributed by atoms with Crippen LogP contribution in [0.1, 0.15) is 29.3 Å². The molecule has 2 aromatic rings. The Bertz CT molecular complexity index is 735. The van der Waals surface area contributed by atoms with Gasteiger partial charge >= 0.3 is 6.18 Å². The molecule has 0 bridgehead atoms. The third-order valence-corrected chi connectivity index (χ3v) is 3.44. The predicted octanol–water partition coefficient (Wildman–Crippen LogP) is 4.64. The van der Waals surface area contributed by atoms with Crippen molar-refractivity contribution in [3.05, 3.63) is 52.7 Å². The minimum absolute atomic E-state index is 0.0603. The number of carbonyl (C=O) groups is 1. The SMILES string of the molecule is CCCNC(=O)c1ccnc(Nc2cc(C(F)(F)F)ccc2Cl)c1. The number of benzene rings is 1. The third-order valence-electron chi connectivity index (χ3n) is 3.11. The Hall–Kier alpha value is -2.28. The molecule has 0 aliphatic rings. The van der Waals surface area contributed by atoms with Crippen LogP contribution >= 0.6 is 11.6 Å². The molecule has 1 aromatic heterocycles. The van der Waals surface area contributed by atoms with Gasteiger partial charge < -0.3 is 10.6 Å². The second-order valence-electron chi connectivity index (χ2n) is 5.00. The third kappa shape index (κ3) is 4.61. The summed E-state index contributed by atoms with van der Waals surface area (Å²) in [5.74, 6) is -0.0576. The lowest BCUT2D eigenvalue weighted by atomic mass is 10.2. The maximum atomic E-state index is 12.8. The van der Waals surface area contributed by atoms with E-state index < -0.39 is 11.7 Å². The van der Waals surface area contributed by atoms with E-state index in [0.717, 1.165) is 24.6 Å². The number of pyridine rings is 1. The van der Waals surface area contributed by atoms with Gasteiger partial charge in [-0.15, -0.1) is 0 Å². The second-order valence-corrected chi connectivity index (χ2v) is 5.41. The van der Waals surface area contributed by atoms with E-state index in [4.69, 9.17) is 11.6 Å². The largest absolute Gasteiger partial charge is 0.416 e. The summed E-state index contributed by atoms with van der Waals surface area (Å²) in [6.45, 7) is 2.46. The van der Waals surface area contributed by atoms with Crippen LogP contribution in [0.4, 0.5) is 24.7 Å². The smallest absolute Gasteiger partial charge is 0.352 e. The predicted molar refractivity (Wildman–Crippen MR) is 86.6 cm³/mol. The van der Waals surface area contributed by atoms with E-state index in [1.54, 1.807) is 0 Å². The maximum Gasteiger partial charge on any atom is 0.416 e. The Morgan fingerprint density at radius 1 is 1.25 bits per heavy atom. The van der Waals surface area contributed by atoms with Crippen LogP contribution in [0.2, 0.25) is 5.02 Å². The zero-order chi connectivity index (χ0) is 17.7. The standard InChI is InChI=1S/C16H15ClF3N3O/c1-2-6-22-15(24)10-5-7-21-14(8-10)23-13-9-11(16(18,19)20)3-4-12(13)17/h3-5,7-9H,2,6H2,1H3,(H,21,23)(H,22,24). The molecule has 8 heteroatoms. The van der Waals surface area contributed by atoms with Gasteiger partial charge in [-0.1, -0.05) is 18.5 Å². The van der Waals surface area contributed by atoms with E-state index in [9.17, 15) is 18.0 Å². The molecule has 1 heterocycles. The molecular formula is C16H15ClF3N3O. The summed E-state index contributed by atoms with van der Waals surface area (Å²) >= 11 is 5.93. The van der Waals surface area contributed by atoms with E-state index >= 15 is 0 Å². The molecule has 1 amide bonds. The first-order valence-electron chi connectivity index (χ1n) is 7.19. The summed E-state index contributed by atoms with van der Waals surface area (Å²) in [6.07, 6.45) is -2.29. The number of rotatable bonds is 5. The number of amides is 1. The molecule has 24 heavy (non-hydrogen) atoms. The van der Waals surface area contributed by atoms with Gasteiger partial charge in [0.15, 0.2) is 0 Å². The highest BCUT2D eigenvalue weighted by molar-refractivity contribution is 6.33. The van der Waals surface area contributed by atoms with E-state index in [1.165, 1.54) is 18.3 Å². The van der Waals surface area contributed by atoms with Crippen molar-refractivity contribution >= 4 is 29.0 Å². The number of hydrogen-bond donors (Lipinski definition) is 2. The van der Waals surface area contributed by atoms with Crippen LogP contribution in [0.15, 0.2) is 36.5 Å². The van der Waals surface area contributed by atoms with Gasteiger partial charge in [-0.25, -0.2) is 4.98 Å². The number of nitrogens with one attached hydrogen (secondary N) is 2. The monoisotopic (exact) mass is 357 g/mol. The van der Waals surface area contributed by atoms with Gasteiger partial charge in [0.05, 0.1) is 16.3 Å². The average Bonchev–Trinajstić information content (AvgIpc) is 2.54. The van der Waals surface area contributed by atoms with Crippen molar-refractivity contribution in [1.82, 2.24) is 10.3 Å². The minimum atomic E-state index is -4.48. The molecule has 0 aliphatic carbocycles. The number of nitrogens with zero attached hydrogens (tertiary/aromatic N) is 1. The second kappa shape index (κ2) is 7.53. The number of hydrogen-bond acceptors (Lipinski definition) is 3. The molecule has 0 saturated heterocycles. The van der Waals surface area contributed by atoms with Gasteiger partial charge in [-0.05, 0) is 36.8 Å². The Morgan fingerprint density at radius 3 is 2.67 bits per heavy atom. The van der Waals surface area contributed by atoms with Gasteiger partial charge in [-0.2, -0.15) is 13.2 Å². The number of aromatic nitrogens is 1. The van der Waals surface area contributed by atoms with Crippen molar-refractivity contribution in [1.29, 1.82) is 0 Å². The van der Waals surface area contributed by atoms with Crippen LogP contribution in [-0.4, -0.2) is 17.4 Å². The summed E-state index contributed by atoms with van der Waals surface area (Å²) in [5.41, 5.74) is -0.416. The topological polar surface area (TPSA) is 54.0 Å². The summed E-state index contributed by atoms with van der Waals surface area (Å²) in [4.78, 5) is 15.9. The Balaban J connectivity index is 2.24. The van der Waals surface area contributed by atoms with Crippen LogP contribution in [0.3, 0.4) is 0 Å². The minimum Gasteiger partial charge on any atom is -0.352 e. The van der Waals surface area contributed by atoms with Crippen molar-refractivity contribution in [2.75, 3.05) is 11.9 Å². The highest BCUT2D eigenvalue weighted by Gasteiger charge is 2.31. The summed E-state index contributed by atoms with van der Waals surface area (Å²) < 4.78 is 38.4. The molecule has 2 rings (SSSR count). The molecular weight excluding hydrogens is 343 g/mol. The van der Waals surface area contributed by atoms with Crippen molar-refractivity contribution in [3.8, 4) is 0 Å². The fourth-order valence-corrected chi connectivity index (χ4v) is 2.08. The molecule has 0 saturated carbocycles. The van der Waals surface area contributed by atoms with E-state index in [1.807, 2.05) is 6.92 Å². The van der Waals surface area contributed by atoms with Crippen molar-refractivity contribution in [2.45, 2.75) is 19.5 Å². The molecule has 0 fully saturated rings. The van der Waals surface area contributed by atoms with E-state index in [-0.39, 0.29) is 22.4 Å². The average molecular weight is 358 g/mol. The maximum absolute atomic E-state index is 12.8. The zero-order valence-corrected chi connectivity index (χ0v) is 13.5. The van der Waals surface area contributed by atoms with Gasteiger partial charge in [0.2, 0.25) is 0 Å². The van der Waals surface area contributed by atoms with Gasteiger partial charge in [-0.3, -0.25) is 4.79 Å². The zero-order valence-electron chi connectivity index (χ0n) is 12.7. The Morgan fingerprint density at radius 2 is 2.00 bits per heavy atom. The lowest BCUT2D eigenvalue weighted by molar-refractivity contribution is -0.137. The van der Waals surface area contributed by atoms with Crippen LogP contribution in [-0.2, 0) is 6.18 Å². The Kier molecular flexibility index (Phi) is 5.66. The van der Waals surface area contributed by atoms with Crippen LogP contribution in [0, 0.1) is 0 Å². The molecule has 1 aromatic carbocycles. The first-order valence-corrected chi connectivity index (χ1v) is 7.57. The molecule has 0 spiro atoms. The number of carbonyl (C=O) groups excluding carboxylic acids is 1. The van der Waals surface area contributed by atoms with Gasteiger partial charge in [0.25, 0.3) is 5.91 Å². The number of anilines is 2. The van der Waals surface area contributed by atoms with Gasteiger partial charge in [0, 0.05) is 18.3 Å². The first-order chi connectivity index (χ1) is 11.3. The van der Waals surface area contributed by atoms with E-state index in [2.05, 4.69) is 15.6 Å². The molecule has 0 unspecified atom stereocenters. The lowest BCUT2D eigenvalue weighted by Crippen LogP contribution is -2.24. The van der Waals surface area contributed by atoms with Crippen molar-refractivity contribution in [2.24, 2.45) is 0 Å². The molecule has 0 radical (unpaired) electrons.